The Hall–Kier alpha value is -2.92. The predicted molar refractivity (Wildman–Crippen MR) is 110 cm³/mol. The number of pyridine rings is 1. The Labute approximate surface area is 161 Å². The van der Waals surface area contributed by atoms with E-state index in [1.807, 2.05) is 18.2 Å². The molecule has 0 fully saturated rings. The maximum absolute atomic E-state index is 13.6. The van der Waals surface area contributed by atoms with Gasteiger partial charge in [0.05, 0.1) is 11.4 Å². The Morgan fingerprint density at radius 2 is 1.74 bits per heavy atom. The van der Waals surface area contributed by atoms with Crippen LogP contribution in [-0.4, -0.2) is 21.2 Å². The summed E-state index contributed by atoms with van der Waals surface area (Å²) in [5.41, 5.74) is 4.61. The lowest BCUT2D eigenvalue weighted by Crippen LogP contribution is -1.87. The Morgan fingerprint density at radius 1 is 0.963 bits per heavy atom. The minimum atomic E-state index is -0.223. The van der Waals surface area contributed by atoms with Gasteiger partial charge in [0.1, 0.15) is 11.7 Å². The molecule has 4 rings (SSSR count). The molecule has 0 aliphatic heterocycles. The van der Waals surface area contributed by atoms with Crippen molar-refractivity contribution in [3.63, 3.8) is 0 Å². The SMILES string of the molecule is CSc1ccc(-c2nc(-c3ccncc3)c(C3=CCC=C(F)C=C3)[nH]2)cc1. The molecule has 3 nitrogen and oxygen atoms in total. The quantitative estimate of drug-likeness (QED) is 0.564. The fourth-order valence-corrected chi connectivity index (χ4v) is 3.38. The molecule has 1 aromatic carbocycles. The third kappa shape index (κ3) is 3.78. The number of aromatic nitrogens is 3. The van der Waals surface area contributed by atoms with Crippen LogP contribution in [0.15, 0.2) is 83.8 Å². The number of rotatable bonds is 4. The molecule has 0 saturated heterocycles. The monoisotopic (exact) mass is 375 g/mol. The predicted octanol–water partition coefficient (Wildman–Crippen LogP) is 6.06. The van der Waals surface area contributed by atoms with E-state index >= 15 is 0 Å². The van der Waals surface area contributed by atoms with Crippen LogP contribution in [-0.2, 0) is 0 Å². The molecule has 1 N–H and O–H groups in total. The number of benzene rings is 1. The van der Waals surface area contributed by atoms with Gasteiger partial charge in [0, 0.05) is 28.4 Å². The summed E-state index contributed by atoms with van der Waals surface area (Å²) in [7, 11) is 0. The van der Waals surface area contributed by atoms with E-state index in [2.05, 4.69) is 40.5 Å². The summed E-state index contributed by atoms with van der Waals surface area (Å²) in [6.45, 7) is 0. The van der Waals surface area contributed by atoms with Crippen molar-refractivity contribution < 1.29 is 4.39 Å². The van der Waals surface area contributed by atoms with Crippen LogP contribution in [0.2, 0.25) is 0 Å². The molecule has 1 aliphatic rings. The summed E-state index contributed by atoms with van der Waals surface area (Å²) in [5.74, 6) is 0.565. The van der Waals surface area contributed by atoms with E-state index in [1.165, 1.54) is 11.0 Å². The Bertz CT molecular complexity index is 1030. The van der Waals surface area contributed by atoms with E-state index < -0.39 is 0 Å². The molecule has 1 aliphatic carbocycles. The van der Waals surface area contributed by atoms with Gasteiger partial charge in [-0.1, -0.05) is 24.3 Å². The minimum Gasteiger partial charge on any atom is -0.337 e. The number of nitrogens with zero attached hydrogens (tertiary/aromatic N) is 2. The van der Waals surface area contributed by atoms with Gasteiger partial charge in [0.25, 0.3) is 0 Å². The summed E-state index contributed by atoms with van der Waals surface area (Å²) in [6, 6.07) is 12.1. The fraction of sp³-hybridized carbons (Fsp3) is 0.0909. The van der Waals surface area contributed by atoms with Crippen molar-refractivity contribution in [3.05, 3.63) is 84.6 Å². The molecule has 0 amide bonds. The van der Waals surface area contributed by atoms with Gasteiger partial charge in [-0.15, -0.1) is 11.8 Å². The van der Waals surface area contributed by atoms with Gasteiger partial charge < -0.3 is 4.98 Å². The van der Waals surface area contributed by atoms with Crippen LogP contribution >= 0.6 is 11.8 Å². The number of nitrogens with one attached hydrogen (secondary N) is 1. The smallest absolute Gasteiger partial charge is 0.138 e. The zero-order valence-electron chi connectivity index (χ0n) is 14.8. The maximum Gasteiger partial charge on any atom is 0.138 e. The van der Waals surface area contributed by atoms with Gasteiger partial charge in [-0.25, -0.2) is 9.37 Å². The molecule has 0 atom stereocenters. The summed E-state index contributed by atoms with van der Waals surface area (Å²) in [5, 5.41) is 0. The van der Waals surface area contributed by atoms with Crippen molar-refractivity contribution in [1.29, 1.82) is 0 Å². The molecule has 2 heterocycles. The van der Waals surface area contributed by atoms with Crippen molar-refractivity contribution in [3.8, 4) is 22.6 Å². The molecule has 2 aromatic heterocycles. The van der Waals surface area contributed by atoms with Crippen LogP contribution in [0.25, 0.3) is 28.2 Å². The molecule has 5 heteroatoms. The van der Waals surface area contributed by atoms with E-state index in [9.17, 15) is 4.39 Å². The largest absolute Gasteiger partial charge is 0.337 e. The Kier molecular flexibility index (Phi) is 5.03. The first-order valence-corrected chi connectivity index (χ1v) is 9.86. The van der Waals surface area contributed by atoms with E-state index in [-0.39, 0.29) is 5.83 Å². The molecule has 3 aromatic rings. The van der Waals surface area contributed by atoms with Gasteiger partial charge in [-0.2, -0.15) is 0 Å². The van der Waals surface area contributed by atoms with E-state index in [1.54, 1.807) is 36.3 Å². The lowest BCUT2D eigenvalue weighted by atomic mass is 10.1. The first-order valence-electron chi connectivity index (χ1n) is 8.63. The van der Waals surface area contributed by atoms with Gasteiger partial charge >= 0.3 is 0 Å². The minimum absolute atomic E-state index is 0.223. The van der Waals surface area contributed by atoms with Crippen LogP contribution in [0.1, 0.15) is 12.1 Å². The van der Waals surface area contributed by atoms with Crippen LogP contribution in [0.3, 0.4) is 0 Å². The van der Waals surface area contributed by atoms with Crippen LogP contribution in [0.4, 0.5) is 4.39 Å². The fourth-order valence-electron chi connectivity index (χ4n) is 2.98. The van der Waals surface area contributed by atoms with E-state index in [0.29, 0.717) is 6.42 Å². The molecule has 0 radical (unpaired) electrons. The number of H-pyrrole nitrogens is 1. The van der Waals surface area contributed by atoms with Crippen molar-refractivity contribution in [2.45, 2.75) is 11.3 Å². The highest BCUT2D eigenvalue weighted by atomic mass is 32.2. The third-order valence-corrected chi connectivity index (χ3v) is 5.13. The van der Waals surface area contributed by atoms with E-state index in [0.717, 1.165) is 33.9 Å². The molecule has 134 valence electrons. The van der Waals surface area contributed by atoms with Gasteiger partial charge in [-0.05, 0) is 54.7 Å². The number of hydrogen-bond donors (Lipinski definition) is 1. The second-order valence-corrected chi connectivity index (χ2v) is 6.97. The second kappa shape index (κ2) is 7.76. The molecule has 27 heavy (non-hydrogen) atoms. The van der Waals surface area contributed by atoms with E-state index in [4.69, 9.17) is 4.98 Å². The number of imidazole rings is 1. The second-order valence-electron chi connectivity index (χ2n) is 6.09. The molecular formula is C22H18FN3S. The number of aromatic amines is 1. The molecular weight excluding hydrogens is 357 g/mol. The van der Waals surface area contributed by atoms with Gasteiger partial charge in [-0.3, -0.25) is 4.98 Å². The van der Waals surface area contributed by atoms with Gasteiger partial charge in [0.2, 0.25) is 0 Å². The average molecular weight is 375 g/mol. The number of halogens is 1. The molecule has 0 spiro atoms. The summed E-state index contributed by atoms with van der Waals surface area (Å²) < 4.78 is 13.6. The zero-order chi connectivity index (χ0) is 18.6. The number of hydrogen-bond acceptors (Lipinski definition) is 3. The highest BCUT2D eigenvalue weighted by molar-refractivity contribution is 7.98. The number of allylic oxidation sites excluding steroid dienone is 6. The van der Waals surface area contributed by atoms with Gasteiger partial charge in [0.15, 0.2) is 0 Å². The third-order valence-electron chi connectivity index (χ3n) is 4.38. The highest BCUT2D eigenvalue weighted by Crippen LogP contribution is 2.32. The lowest BCUT2D eigenvalue weighted by Gasteiger charge is -2.03. The zero-order valence-corrected chi connectivity index (χ0v) is 15.6. The molecule has 0 bridgehead atoms. The summed E-state index contributed by atoms with van der Waals surface area (Å²) >= 11 is 1.71. The standard InChI is InChI=1S/C22H18FN3S/c1-27-19-9-6-17(7-10-19)22-25-20(15-3-2-4-18(23)8-5-15)21(26-22)16-11-13-24-14-12-16/h3-14H,2H2,1H3,(H,25,26). The molecule has 0 unspecified atom stereocenters. The summed E-state index contributed by atoms with van der Waals surface area (Å²) in [6.07, 6.45) is 12.9. The summed E-state index contributed by atoms with van der Waals surface area (Å²) in [4.78, 5) is 13.6. The first kappa shape index (κ1) is 17.5. The average Bonchev–Trinajstić information content (AvgIpc) is 3.05. The van der Waals surface area contributed by atoms with Crippen LogP contribution in [0, 0.1) is 0 Å². The Morgan fingerprint density at radius 3 is 2.48 bits per heavy atom. The first-order chi connectivity index (χ1) is 13.2. The van der Waals surface area contributed by atoms with Crippen LogP contribution < -0.4 is 0 Å². The van der Waals surface area contributed by atoms with Crippen molar-refractivity contribution in [2.75, 3.05) is 6.26 Å². The van der Waals surface area contributed by atoms with Crippen molar-refractivity contribution in [2.24, 2.45) is 0 Å². The Balaban J connectivity index is 1.82. The maximum atomic E-state index is 13.6. The van der Waals surface area contributed by atoms with Crippen molar-refractivity contribution in [1.82, 2.24) is 15.0 Å². The molecule has 0 saturated carbocycles. The van der Waals surface area contributed by atoms with Crippen molar-refractivity contribution >= 4 is 17.3 Å². The normalized spacial score (nSPS) is 13.9. The highest BCUT2D eigenvalue weighted by Gasteiger charge is 2.16. The number of thioether (sulfide) groups is 1. The van der Waals surface area contributed by atoms with Crippen LogP contribution in [0.5, 0.6) is 0 Å². The topological polar surface area (TPSA) is 41.6 Å². The lowest BCUT2D eigenvalue weighted by molar-refractivity contribution is 0.663.